The van der Waals surface area contributed by atoms with Gasteiger partial charge >= 0.3 is 0 Å². The number of hydrogen-bond acceptors (Lipinski definition) is 3. The van der Waals surface area contributed by atoms with Crippen molar-refractivity contribution in [2.75, 3.05) is 31.1 Å². The maximum atomic E-state index is 5.19. The average molecular weight is 212 g/mol. The van der Waals surface area contributed by atoms with Gasteiger partial charge < -0.3 is 5.32 Å². The molecule has 1 N–H and O–H groups in total. The Hall–Kier alpha value is -0.170. The van der Waals surface area contributed by atoms with Crippen molar-refractivity contribution >= 4 is 11.8 Å². The maximum Gasteiger partial charge on any atom is 0.0574 e. The molecule has 2 nitrogen and oxygen atoms in total. The van der Waals surface area contributed by atoms with Gasteiger partial charge in [-0.2, -0.15) is 11.8 Å². The first-order valence-electron chi connectivity index (χ1n) is 5.23. The Morgan fingerprint density at radius 3 is 3.14 bits per heavy atom. The van der Waals surface area contributed by atoms with Crippen LogP contribution in [-0.2, 0) is 0 Å². The van der Waals surface area contributed by atoms with E-state index in [0.29, 0.717) is 18.6 Å². The third-order valence-corrected chi connectivity index (χ3v) is 3.84. The monoisotopic (exact) mass is 212 g/mol. The molecule has 0 amide bonds. The summed E-state index contributed by atoms with van der Waals surface area (Å²) in [5, 5.41) is 3.27. The second kappa shape index (κ2) is 6.34. The SMILES string of the molecule is C#CCNCC(C)N1CCSCC1C. The van der Waals surface area contributed by atoms with Gasteiger partial charge in [-0.25, -0.2) is 0 Å². The molecule has 0 aliphatic carbocycles. The second-order valence-corrected chi connectivity index (χ2v) is 5.00. The zero-order chi connectivity index (χ0) is 10.4. The largest absolute Gasteiger partial charge is 0.305 e. The van der Waals surface area contributed by atoms with Crippen molar-refractivity contribution in [2.24, 2.45) is 0 Å². The first-order chi connectivity index (χ1) is 6.75. The van der Waals surface area contributed by atoms with Crippen LogP contribution in [0.15, 0.2) is 0 Å². The molecule has 0 aromatic rings. The lowest BCUT2D eigenvalue weighted by Crippen LogP contribution is -2.49. The van der Waals surface area contributed by atoms with E-state index in [9.17, 15) is 0 Å². The Labute approximate surface area is 91.8 Å². The molecule has 0 radical (unpaired) electrons. The van der Waals surface area contributed by atoms with Gasteiger partial charge in [0.2, 0.25) is 0 Å². The van der Waals surface area contributed by atoms with E-state index in [2.05, 4.69) is 41.7 Å². The summed E-state index contributed by atoms with van der Waals surface area (Å²) in [4.78, 5) is 2.57. The van der Waals surface area contributed by atoms with Gasteiger partial charge in [-0.15, -0.1) is 6.42 Å². The summed E-state index contributed by atoms with van der Waals surface area (Å²) in [5.41, 5.74) is 0. The fourth-order valence-electron chi connectivity index (χ4n) is 1.87. The van der Waals surface area contributed by atoms with Crippen LogP contribution in [-0.4, -0.2) is 48.1 Å². The lowest BCUT2D eigenvalue weighted by atomic mass is 10.2. The zero-order valence-electron chi connectivity index (χ0n) is 9.12. The number of nitrogens with one attached hydrogen (secondary N) is 1. The molecular formula is C11H20N2S. The molecule has 1 heterocycles. The quantitative estimate of drug-likeness (QED) is 0.553. The predicted molar refractivity (Wildman–Crippen MR) is 64.7 cm³/mol. The average Bonchev–Trinajstić information content (AvgIpc) is 2.18. The molecule has 1 aliphatic heterocycles. The first kappa shape index (κ1) is 11.9. The van der Waals surface area contributed by atoms with Crippen molar-refractivity contribution in [2.45, 2.75) is 25.9 Å². The van der Waals surface area contributed by atoms with Gasteiger partial charge in [0, 0.05) is 36.7 Å². The van der Waals surface area contributed by atoms with Gasteiger partial charge in [0.1, 0.15) is 0 Å². The molecule has 14 heavy (non-hydrogen) atoms. The van der Waals surface area contributed by atoms with Gasteiger partial charge in [0.25, 0.3) is 0 Å². The molecule has 1 aliphatic rings. The molecule has 0 aromatic carbocycles. The maximum absolute atomic E-state index is 5.19. The molecule has 2 unspecified atom stereocenters. The van der Waals surface area contributed by atoms with Gasteiger partial charge in [0.15, 0.2) is 0 Å². The fraction of sp³-hybridized carbons (Fsp3) is 0.818. The van der Waals surface area contributed by atoms with Crippen LogP contribution < -0.4 is 5.32 Å². The van der Waals surface area contributed by atoms with Crippen LogP contribution in [0.4, 0.5) is 0 Å². The van der Waals surface area contributed by atoms with Crippen LogP contribution in [0, 0.1) is 12.3 Å². The first-order valence-corrected chi connectivity index (χ1v) is 6.39. The lowest BCUT2D eigenvalue weighted by molar-refractivity contribution is 0.171. The Balaban J connectivity index is 2.27. The van der Waals surface area contributed by atoms with Crippen LogP contribution in [0.25, 0.3) is 0 Å². The molecule has 0 bridgehead atoms. The van der Waals surface area contributed by atoms with Crippen molar-refractivity contribution < 1.29 is 0 Å². The van der Waals surface area contributed by atoms with E-state index in [1.807, 2.05) is 0 Å². The summed E-state index contributed by atoms with van der Waals surface area (Å²) >= 11 is 2.06. The van der Waals surface area contributed by atoms with E-state index >= 15 is 0 Å². The molecule has 2 atom stereocenters. The van der Waals surface area contributed by atoms with Crippen LogP contribution in [0.2, 0.25) is 0 Å². The third kappa shape index (κ3) is 3.53. The van der Waals surface area contributed by atoms with Crippen LogP contribution in [0.1, 0.15) is 13.8 Å². The van der Waals surface area contributed by atoms with E-state index in [1.54, 1.807) is 0 Å². The van der Waals surface area contributed by atoms with E-state index in [0.717, 1.165) is 6.54 Å². The predicted octanol–water partition coefficient (Wildman–Crippen LogP) is 1.03. The van der Waals surface area contributed by atoms with Crippen molar-refractivity contribution in [1.29, 1.82) is 0 Å². The summed E-state index contributed by atoms with van der Waals surface area (Å²) in [5.74, 6) is 5.13. The summed E-state index contributed by atoms with van der Waals surface area (Å²) in [6.07, 6.45) is 5.19. The zero-order valence-corrected chi connectivity index (χ0v) is 9.94. The van der Waals surface area contributed by atoms with E-state index < -0.39 is 0 Å². The Morgan fingerprint density at radius 2 is 2.50 bits per heavy atom. The Kier molecular flexibility index (Phi) is 5.39. The van der Waals surface area contributed by atoms with Crippen molar-refractivity contribution in [1.82, 2.24) is 10.2 Å². The van der Waals surface area contributed by atoms with E-state index in [-0.39, 0.29) is 0 Å². The molecule has 0 aromatic heterocycles. The molecule has 1 rings (SSSR count). The van der Waals surface area contributed by atoms with E-state index in [4.69, 9.17) is 6.42 Å². The molecule has 1 saturated heterocycles. The smallest absolute Gasteiger partial charge is 0.0574 e. The van der Waals surface area contributed by atoms with Crippen molar-refractivity contribution in [3.8, 4) is 12.3 Å². The lowest BCUT2D eigenvalue weighted by Gasteiger charge is -2.37. The normalized spacial score (nSPS) is 25.6. The molecule has 80 valence electrons. The van der Waals surface area contributed by atoms with Crippen LogP contribution >= 0.6 is 11.8 Å². The summed E-state index contributed by atoms with van der Waals surface area (Å²) in [7, 11) is 0. The van der Waals surface area contributed by atoms with Gasteiger partial charge in [-0.3, -0.25) is 4.90 Å². The summed E-state index contributed by atoms with van der Waals surface area (Å²) in [6.45, 7) is 7.48. The molecular weight excluding hydrogens is 192 g/mol. The van der Waals surface area contributed by atoms with Gasteiger partial charge in [0.05, 0.1) is 6.54 Å². The molecule has 0 spiro atoms. The highest BCUT2D eigenvalue weighted by Crippen LogP contribution is 2.17. The second-order valence-electron chi connectivity index (χ2n) is 3.85. The fourth-order valence-corrected chi connectivity index (χ4v) is 2.90. The standard InChI is InChI=1S/C11H20N2S/c1-4-5-12-8-10(2)13-6-7-14-9-11(13)3/h1,10-12H,5-9H2,2-3H3. The molecule has 1 fully saturated rings. The van der Waals surface area contributed by atoms with Crippen LogP contribution in [0.5, 0.6) is 0 Å². The molecule has 0 saturated carbocycles. The minimum atomic E-state index is 0.597. The highest BCUT2D eigenvalue weighted by atomic mass is 32.2. The minimum absolute atomic E-state index is 0.597. The van der Waals surface area contributed by atoms with Gasteiger partial charge in [-0.05, 0) is 13.8 Å². The Bertz CT molecular complexity index is 200. The Morgan fingerprint density at radius 1 is 1.71 bits per heavy atom. The molecule has 3 heteroatoms. The number of terminal acetylenes is 1. The number of rotatable bonds is 4. The highest BCUT2D eigenvalue weighted by Gasteiger charge is 2.22. The number of nitrogens with zero attached hydrogens (tertiary/aromatic N) is 1. The van der Waals surface area contributed by atoms with Crippen molar-refractivity contribution in [3.05, 3.63) is 0 Å². The summed E-state index contributed by atoms with van der Waals surface area (Å²) in [6, 6.07) is 1.30. The number of thioether (sulfide) groups is 1. The highest BCUT2D eigenvalue weighted by molar-refractivity contribution is 7.99. The number of hydrogen-bond donors (Lipinski definition) is 1. The van der Waals surface area contributed by atoms with Crippen LogP contribution in [0.3, 0.4) is 0 Å². The summed E-state index contributed by atoms with van der Waals surface area (Å²) < 4.78 is 0. The topological polar surface area (TPSA) is 15.3 Å². The minimum Gasteiger partial charge on any atom is -0.305 e. The van der Waals surface area contributed by atoms with E-state index in [1.165, 1.54) is 18.1 Å². The third-order valence-electron chi connectivity index (χ3n) is 2.65. The van der Waals surface area contributed by atoms with Crippen molar-refractivity contribution in [3.63, 3.8) is 0 Å². The van der Waals surface area contributed by atoms with Gasteiger partial charge in [-0.1, -0.05) is 5.92 Å².